The molecule has 0 aliphatic carbocycles. The van der Waals surface area contributed by atoms with Crippen LogP contribution in [-0.2, 0) is 11.8 Å². The van der Waals surface area contributed by atoms with Crippen molar-refractivity contribution in [2.75, 3.05) is 13.2 Å². The Kier molecular flexibility index (Phi) is 3.30. The quantitative estimate of drug-likeness (QED) is 0.826. The van der Waals surface area contributed by atoms with Crippen molar-refractivity contribution < 1.29 is 4.74 Å². The molecule has 1 aromatic heterocycles. The number of hydrogen-bond donors (Lipinski definition) is 1. The lowest BCUT2D eigenvalue weighted by Crippen LogP contribution is -2.29. The Labute approximate surface area is 96.8 Å². The molecule has 2 unspecified atom stereocenters. The van der Waals surface area contributed by atoms with Gasteiger partial charge >= 0.3 is 0 Å². The first kappa shape index (κ1) is 11.6. The highest BCUT2D eigenvalue weighted by molar-refractivity contribution is 5.28. The van der Waals surface area contributed by atoms with E-state index >= 15 is 0 Å². The average molecular weight is 223 g/mol. The van der Waals surface area contributed by atoms with Crippen molar-refractivity contribution in [3.8, 4) is 0 Å². The van der Waals surface area contributed by atoms with Gasteiger partial charge in [-0.25, -0.2) is 0 Å². The standard InChI is InChI=1S/C12H21N3O/c1-8-11(9(2)15(3)14-8)12(13)10-5-4-6-16-7-10/h10,12H,4-7,13H2,1-3H3. The van der Waals surface area contributed by atoms with Crippen LogP contribution in [0, 0.1) is 19.8 Å². The number of nitrogens with zero attached hydrogens (tertiary/aromatic N) is 2. The van der Waals surface area contributed by atoms with Crippen LogP contribution in [0.25, 0.3) is 0 Å². The van der Waals surface area contributed by atoms with Crippen molar-refractivity contribution in [1.82, 2.24) is 9.78 Å². The van der Waals surface area contributed by atoms with Crippen LogP contribution in [-0.4, -0.2) is 23.0 Å². The largest absolute Gasteiger partial charge is 0.381 e. The molecule has 1 saturated heterocycles. The zero-order valence-corrected chi connectivity index (χ0v) is 10.4. The summed E-state index contributed by atoms with van der Waals surface area (Å²) in [5, 5.41) is 4.42. The molecule has 4 nitrogen and oxygen atoms in total. The molecule has 1 aliphatic rings. The topological polar surface area (TPSA) is 53.1 Å². The summed E-state index contributed by atoms with van der Waals surface area (Å²) in [5.74, 6) is 0.440. The van der Waals surface area contributed by atoms with Gasteiger partial charge in [-0.05, 0) is 26.7 Å². The van der Waals surface area contributed by atoms with Crippen molar-refractivity contribution >= 4 is 0 Å². The third-order valence-electron chi connectivity index (χ3n) is 3.60. The first-order chi connectivity index (χ1) is 7.61. The molecule has 1 fully saturated rings. The Balaban J connectivity index is 2.22. The fraction of sp³-hybridized carbons (Fsp3) is 0.750. The van der Waals surface area contributed by atoms with E-state index in [2.05, 4.69) is 12.0 Å². The summed E-state index contributed by atoms with van der Waals surface area (Å²) in [5.41, 5.74) is 9.79. The van der Waals surface area contributed by atoms with Gasteiger partial charge in [0.25, 0.3) is 0 Å². The van der Waals surface area contributed by atoms with Crippen LogP contribution < -0.4 is 5.73 Å². The van der Waals surface area contributed by atoms with E-state index in [1.807, 2.05) is 18.7 Å². The second-order valence-corrected chi connectivity index (χ2v) is 4.71. The molecule has 0 bridgehead atoms. The summed E-state index contributed by atoms with van der Waals surface area (Å²) in [6.07, 6.45) is 2.28. The van der Waals surface area contributed by atoms with Gasteiger partial charge < -0.3 is 10.5 Å². The van der Waals surface area contributed by atoms with Gasteiger partial charge in [0.2, 0.25) is 0 Å². The molecule has 2 heterocycles. The van der Waals surface area contributed by atoms with E-state index in [9.17, 15) is 0 Å². The van der Waals surface area contributed by atoms with E-state index < -0.39 is 0 Å². The van der Waals surface area contributed by atoms with Crippen LogP contribution in [0.1, 0.15) is 35.8 Å². The molecule has 2 rings (SSSR count). The lowest BCUT2D eigenvalue weighted by atomic mass is 9.88. The molecular formula is C12H21N3O. The number of aryl methyl sites for hydroxylation is 2. The zero-order chi connectivity index (χ0) is 11.7. The van der Waals surface area contributed by atoms with Crippen LogP contribution >= 0.6 is 0 Å². The van der Waals surface area contributed by atoms with E-state index in [-0.39, 0.29) is 6.04 Å². The fourth-order valence-electron chi connectivity index (χ4n) is 2.56. The highest BCUT2D eigenvalue weighted by Crippen LogP contribution is 2.30. The molecule has 0 radical (unpaired) electrons. The number of ether oxygens (including phenoxy) is 1. The minimum absolute atomic E-state index is 0.0639. The van der Waals surface area contributed by atoms with Gasteiger partial charge in [-0.2, -0.15) is 5.10 Å². The molecule has 4 heteroatoms. The summed E-state index contributed by atoms with van der Waals surface area (Å²) < 4.78 is 7.41. The maximum atomic E-state index is 6.35. The number of hydrogen-bond acceptors (Lipinski definition) is 3. The molecule has 1 aliphatic heterocycles. The Bertz CT molecular complexity index is 367. The van der Waals surface area contributed by atoms with Crippen LogP contribution in [0.3, 0.4) is 0 Å². The van der Waals surface area contributed by atoms with E-state index in [1.54, 1.807) is 0 Å². The molecule has 0 saturated carbocycles. The van der Waals surface area contributed by atoms with Crippen LogP contribution in [0.4, 0.5) is 0 Å². The van der Waals surface area contributed by atoms with Crippen LogP contribution in [0.2, 0.25) is 0 Å². The van der Waals surface area contributed by atoms with Gasteiger partial charge in [0.05, 0.1) is 12.3 Å². The van der Waals surface area contributed by atoms with Crippen molar-refractivity contribution in [3.63, 3.8) is 0 Å². The van der Waals surface area contributed by atoms with Gasteiger partial charge in [0.1, 0.15) is 0 Å². The third kappa shape index (κ3) is 1.99. The maximum Gasteiger partial charge on any atom is 0.0644 e. The highest BCUT2D eigenvalue weighted by Gasteiger charge is 2.26. The van der Waals surface area contributed by atoms with Crippen LogP contribution in [0.5, 0.6) is 0 Å². The fourth-order valence-corrected chi connectivity index (χ4v) is 2.56. The molecule has 90 valence electrons. The molecule has 0 spiro atoms. The van der Waals surface area contributed by atoms with E-state index in [4.69, 9.17) is 10.5 Å². The summed E-state index contributed by atoms with van der Waals surface area (Å²) >= 11 is 0. The molecule has 2 N–H and O–H groups in total. The Morgan fingerprint density at radius 3 is 2.75 bits per heavy atom. The van der Waals surface area contributed by atoms with Gasteiger partial charge in [-0.3, -0.25) is 4.68 Å². The number of aromatic nitrogens is 2. The Morgan fingerprint density at radius 2 is 2.25 bits per heavy atom. The number of nitrogens with two attached hydrogens (primary N) is 1. The summed E-state index contributed by atoms with van der Waals surface area (Å²) in [7, 11) is 1.97. The summed E-state index contributed by atoms with van der Waals surface area (Å²) in [4.78, 5) is 0. The first-order valence-corrected chi connectivity index (χ1v) is 5.94. The molecule has 0 aromatic carbocycles. The molecule has 0 amide bonds. The minimum atomic E-state index is 0.0639. The predicted molar refractivity (Wildman–Crippen MR) is 63.2 cm³/mol. The second-order valence-electron chi connectivity index (χ2n) is 4.71. The van der Waals surface area contributed by atoms with Gasteiger partial charge in [-0.1, -0.05) is 0 Å². The minimum Gasteiger partial charge on any atom is -0.381 e. The molecule has 2 atom stereocenters. The first-order valence-electron chi connectivity index (χ1n) is 5.94. The van der Waals surface area contributed by atoms with Gasteiger partial charge in [-0.15, -0.1) is 0 Å². The molecular weight excluding hydrogens is 202 g/mol. The Morgan fingerprint density at radius 1 is 1.50 bits per heavy atom. The van der Waals surface area contributed by atoms with Crippen molar-refractivity contribution in [2.24, 2.45) is 18.7 Å². The second kappa shape index (κ2) is 4.55. The average Bonchev–Trinajstić information content (AvgIpc) is 2.54. The third-order valence-corrected chi connectivity index (χ3v) is 3.60. The predicted octanol–water partition coefficient (Wildman–Crippen LogP) is 1.46. The summed E-state index contributed by atoms with van der Waals surface area (Å²) in [6.45, 7) is 5.79. The van der Waals surface area contributed by atoms with E-state index in [0.29, 0.717) is 5.92 Å². The van der Waals surface area contributed by atoms with Gasteiger partial charge in [0, 0.05) is 36.9 Å². The van der Waals surface area contributed by atoms with Crippen molar-refractivity contribution in [2.45, 2.75) is 32.7 Å². The maximum absolute atomic E-state index is 6.35. The van der Waals surface area contributed by atoms with Gasteiger partial charge in [0.15, 0.2) is 0 Å². The lowest BCUT2D eigenvalue weighted by Gasteiger charge is -2.28. The zero-order valence-electron chi connectivity index (χ0n) is 10.4. The van der Waals surface area contributed by atoms with E-state index in [0.717, 1.165) is 31.7 Å². The Hall–Kier alpha value is -0.870. The monoisotopic (exact) mass is 223 g/mol. The smallest absolute Gasteiger partial charge is 0.0644 e. The van der Waals surface area contributed by atoms with E-state index in [1.165, 1.54) is 11.3 Å². The van der Waals surface area contributed by atoms with Crippen molar-refractivity contribution in [1.29, 1.82) is 0 Å². The molecule has 1 aromatic rings. The molecule has 16 heavy (non-hydrogen) atoms. The SMILES string of the molecule is Cc1nn(C)c(C)c1C(N)C1CCCOC1. The lowest BCUT2D eigenvalue weighted by molar-refractivity contribution is 0.0446. The number of rotatable bonds is 2. The van der Waals surface area contributed by atoms with Crippen molar-refractivity contribution in [3.05, 3.63) is 17.0 Å². The van der Waals surface area contributed by atoms with Crippen LogP contribution in [0.15, 0.2) is 0 Å². The summed E-state index contributed by atoms with van der Waals surface area (Å²) in [6, 6.07) is 0.0639. The highest BCUT2D eigenvalue weighted by atomic mass is 16.5. The normalized spacial score (nSPS) is 23.4.